The molecular weight excluding hydrogens is 236 g/mol. The van der Waals surface area contributed by atoms with Crippen molar-refractivity contribution >= 4 is 15.7 Å². The molecule has 0 aliphatic carbocycles. The van der Waals surface area contributed by atoms with E-state index < -0.39 is 10.0 Å². The van der Waals surface area contributed by atoms with E-state index in [4.69, 9.17) is 5.73 Å². The summed E-state index contributed by atoms with van der Waals surface area (Å²) in [6.45, 7) is 6.24. The summed E-state index contributed by atoms with van der Waals surface area (Å²) >= 11 is 0. The molecule has 1 aromatic rings. The summed E-state index contributed by atoms with van der Waals surface area (Å²) in [7, 11) is -1.80. The van der Waals surface area contributed by atoms with Crippen molar-refractivity contribution in [3.05, 3.63) is 23.8 Å². The van der Waals surface area contributed by atoms with E-state index in [9.17, 15) is 8.42 Å². The van der Waals surface area contributed by atoms with Crippen LogP contribution in [0.4, 0.5) is 5.69 Å². The van der Waals surface area contributed by atoms with Crippen LogP contribution in [0.5, 0.6) is 0 Å². The summed E-state index contributed by atoms with van der Waals surface area (Å²) in [6, 6.07) is 4.86. The number of nitrogen functional groups attached to an aromatic ring is 1. The number of anilines is 1. The monoisotopic (exact) mass is 256 g/mol. The van der Waals surface area contributed by atoms with Gasteiger partial charge in [-0.1, -0.05) is 13.8 Å². The maximum absolute atomic E-state index is 12.3. The van der Waals surface area contributed by atoms with Crippen molar-refractivity contribution in [3.8, 4) is 0 Å². The molecule has 0 unspecified atom stereocenters. The molecule has 0 aliphatic rings. The summed E-state index contributed by atoms with van der Waals surface area (Å²) in [5.41, 5.74) is 6.88. The van der Waals surface area contributed by atoms with E-state index in [1.165, 1.54) is 4.31 Å². The molecule has 0 bridgehead atoms. The van der Waals surface area contributed by atoms with Crippen LogP contribution in [0.25, 0.3) is 0 Å². The number of nitrogens with two attached hydrogens (primary N) is 1. The molecule has 4 nitrogen and oxygen atoms in total. The molecule has 17 heavy (non-hydrogen) atoms. The highest BCUT2D eigenvalue weighted by Crippen LogP contribution is 2.21. The van der Waals surface area contributed by atoms with Gasteiger partial charge in [-0.25, -0.2) is 12.7 Å². The van der Waals surface area contributed by atoms with Crippen LogP contribution in [-0.4, -0.2) is 26.3 Å². The predicted molar refractivity (Wildman–Crippen MR) is 70.2 cm³/mol. The van der Waals surface area contributed by atoms with Crippen molar-refractivity contribution in [2.75, 3.05) is 19.3 Å². The zero-order valence-corrected chi connectivity index (χ0v) is 11.6. The molecule has 0 saturated carbocycles. The van der Waals surface area contributed by atoms with Gasteiger partial charge >= 0.3 is 0 Å². The lowest BCUT2D eigenvalue weighted by molar-refractivity contribution is 0.417. The third-order valence-corrected chi connectivity index (χ3v) is 4.49. The van der Waals surface area contributed by atoms with Crippen molar-refractivity contribution < 1.29 is 8.42 Å². The smallest absolute Gasteiger partial charge is 0.243 e. The lowest BCUT2D eigenvalue weighted by atomic mass is 10.2. The largest absolute Gasteiger partial charge is 0.399 e. The Labute approximate surface area is 103 Å². The summed E-state index contributed by atoms with van der Waals surface area (Å²) in [5.74, 6) is 0.295. The maximum atomic E-state index is 12.3. The molecular formula is C12H20N2O2S. The Morgan fingerprint density at radius 1 is 1.35 bits per heavy atom. The van der Waals surface area contributed by atoms with Crippen LogP contribution in [0, 0.1) is 12.8 Å². The Balaban J connectivity index is 3.13. The number of aryl methyl sites for hydroxylation is 1. The first kappa shape index (κ1) is 14.0. The van der Waals surface area contributed by atoms with Crippen molar-refractivity contribution in [1.29, 1.82) is 0 Å². The second kappa shape index (κ2) is 5.06. The van der Waals surface area contributed by atoms with Gasteiger partial charge in [0.2, 0.25) is 10.0 Å². The van der Waals surface area contributed by atoms with E-state index >= 15 is 0 Å². The van der Waals surface area contributed by atoms with E-state index in [0.29, 0.717) is 28.6 Å². The zero-order valence-electron chi connectivity index (χ0n) is 10.8. The summed E-state index contributed by atoms with van der Waals surface area (Å²) < 4.78 is 26.0. The lowest BCUT2D eigenvalue weighted by Crippen LogP contribution is -2.30. The van der Waals surface area contributed by atoms with Gasteiger partial charge in [-0.3, -0.25) is 0 Å². The molecule has 2 N–H and O–H groups in total. The molecule has 1 rings (SSSR count). The highest BCUT2D eigenvalue weighted by atomic mass is 32.2. The van der Waals surface area contributed by atoms with Crippen molar-refractivity contribution in [2.45, 2.75) is 25.7 Å². The quantitative estimate of drug-likeness (QED) is 0.836. The molecule has 0 heterocycles. The van der Waals surface area contributed by atoms with E-state index in [2.05, 4.69) is 0 Å². The van der Waals surface area contributed by atoms with E-state index in [1.54, 1.807) is 32.2 Å². The molecule has 0 aliphatic heterocycles. The van der Waals surface area contributed by atoms with Gasteiger partial charge in [-0.05, 0) is 36.6 Å². The van der Waals surface area contributed by atoms with E-state index in [1.807, 2.05) is 13.8 Å². The fraction of sp³-hybridized carbons (Fsp3) is 0.500. The van der Waals surface area contributed by atoms with Crippen LogP contribution < -0.4 is 5.73 Å². The maximum Gasteiger partial charge on any atom is 0.243 e. The number of rotatable bonds is 4. The number of sulfonamides is 1. The Morgan fingerprint density at radius 3 is 2.41 bits per heavy atom. The Bertz CT molecular complexity index is 495. The molecule has 0 fully saturated rings. The van der Waals surface area contributed by atoms with Gasteiger partial charge in [0.15, 0.2) is 0 Å². The van der Waals surface area contributed by atoms with Crippen molar-refractivity contribution in [2.24, 2.45) is 5.92 Å². The molecule has 1 aromatic carbocycles. The third kappa shape index (κ3) is 3.20. The number of benzene rings is 1. The normalized spacial score (nSPS) is 12.4. The lowest BCUT2D eigenvalue weighted by Gasteiger charge is -2.20. The molecule has 96 valence electrons. The average Bonchev–Trinajstić information content (AvgIpc) is 2.15. The number of nitrogens with zero attached hydrogens (tertiary/aromatic N) is 1. The van der Waals surface area contributed by atoms with Crippen LogP contribution in [0.15, 0.2) is 23.1 Å². The van der Waals surface area contributed by atoms with E-state index in [0.717, 1.165) is 0 Å². The molecule has 0 saturated heterocycles. The number of hydrogen-bond donors (Lipinski definition) is 1. The molecule has 0 atom stereocenters. The summed E-state index contributed by atoms with van der Waals surface area (Å²) in [5, 5.41) is 0. The second-order valence-corrected chi connectivity index (χ2v) is 6.72. The molecule has 0 amide bonds. The molecule has 0 radical (unpaired) electrons. The van der Waals surface area contributed by atoms with Crippen LogP contribution in [0.3, 0.4) is 0 Å². The minimum atomic E-state index is -3.40. The van der Waals surface area contributed by atoms with E-state index in [-0.39, 0.29) is 0 Å². The SMILES string of the molecule is Cc1cc(N)ccc1S(=O)(=O)N(C)CC(C)C. The summed E-state index contributed by atoms with van der Waals surface area (Å²) in [4.78, 5) is 0.329. The van der Waals surface area contributed by atoms with Gasteiger partial charge in [0.1, 0.15) is 0 Å². The highest BCUT2D eigenvalue weighted by Gasteiger charge is 2.23. The van der Waals surface area contributed by atoms with Crippen LogP contribution in [0.2, 0.25) is 0 Å². The topological polar surface area (TPSA) is 63.4 Å². The first-order valence-electron chi connectivity index (χ1n) is 5.57. The van der Waals surface area contributed by atoms with Crippen LogP contribution in [0.1, 0.15) is 19.4 Å². The van der Waals surface area contributed by atoms with Crippen LogP contribution >= 0.6 is 0 Å². The minimum absolute atomic E-state index is 0.295. The minimum Gasteiger partial charge on any atom is -0.399 e. The van der Waals surface area contributed by atoms with Crippen molar-refractivity contribution in [3.63, 3.8) is 0 Å². The Morgan fingerprint density at radius 2 is 1.94 bits per heavy atom. The van der Waals surface area contributed by atoms with Crippen molar-refractivity contribution in [1.82, 2.24) is 4.31 Å². The van der Waals surface area contributed by atoms with Gasteiger partial charge in [0.25, 0.3) is 0 Å². The average molecular weight is 256 g/mol. The standard InChI is InChI=1S/C12H20N2O2S/c1-9(2)8-14(4)17(15,16)12-6-5-11(13)7-10(12)3/h5-7,9H,8,13H2,1-4H3. The molecule has 0 spiro atoms. The van der Waals surface area contributed by atoms with Gasteiger partial charge < -0.3 is 5.73 Å². The Hall–Kier alpha value is -1.07. The predicted octanol–water partition coefficient (Wildman–Crippen LogP) is 1.85. The second-order valence-electron chi connectivity index (χ2n) is 4.70. The highest BCUT2D eigenvalue weighted by molar-refractivity contribution is 7.89. The Kier molecular flexibility index (Phi) is 4.16. The van der Waals surface area contributed by atoms with Gasteiger partial charge in [-0.2, -0.15) is 0 Å². The molecule has 0 aromatic heterocycles. The fourth-order valence-electron chi connectivity index (χ4n) is 1.74. The summed E-state index contributed by atoms with van der Waals surface area (Å²) in [6.07, 6.45) is 0. The first-order chi connectivity index (χ1) is 7.75. The third-order valence-electron chi connectivity index (χ3n) is 2.51. The van der Waals surface area contributed by atoms with Gasteiger partial charge in [0.05, 0.1) is 4.90 Å². The van der Waals surface area contributed by atoms with Gasteiger partial charge in [0, 0.05) is 19.3 Å². The molecule has 5 heteroatoms. The number of hydrogen-bond acceptors (Lipinski definition) is 3. The first-order valence-corrected chi connectivity index (χ1v) is 7.01. The van der Waals surface area contributed by atoms with Crippen LogP contribution in [-0.2, 0) is 10.0 Å². The fourth-order valence-corrected chi connectivity index (χ4v) is 3.28. The van der Waals surface area contributed by atoms with Gasteiger partial charge in [-0.15, -0.1) is 0 Å². The zero-order chi connectivity index (χ0) is 13.2.